The first-order chi connectivity index (χ1) is 64.9. The third-order valence-electron chi connectivity index (χ3n) is 29.8. The Hall–Kier alpha value is -3.63. The van der Waals surface area contributed by atoms with E-state index in [0.29, 0.717) is 64.2 Å². The molecule has 0 aromatic heterocycles. The molecule has 15 aliphatic rings. The summed E-state index contributed by atoms with van der Waals surface area (Å²) in [5, 5.41) is 213. The van der Waals surface area contributed by atoms with Crippen molar-refractivity contribution in [2.45, 2.75) is 458 Å². The van der Waals surface area contributed by atoms with Gasteiger partial charge in [0.05, 0.1) is 195 Å². The normalized spacial score (nSPS) is 46.6. The maximum Gasteiger partial charge on any atom is 0.187 e. The van der Waals surface area contributed by atoms with E-state index in [-0.39, 0.29) is 136 Å². The van der Waals surface area contributed by atoms with Gasteiger partial charge in [-0.1, -0.05) is 90.7 Å². The van der Waals surface area contributed by atoms with E-state index >= 15 is 0 Å². The van der Waals surface area contributed by atoms with E-state index in [1.807, 2.05) is 42.4 Å². The van der Waals surface area contributed by atoms with Crippen LogP contribution in [-0.2, 0) is 75.8 Å². The van der Waals surface area contributed by atoms with Gasteiger partial charge in [0, 0.05) is 88.1 Å². The molecule has 15 rings (SSSR count). The fourth-order valence-corrected chi connectivity index (χ4v) is 23.3. The fraction of sp³-hybridized carbons (Fsp3) is 0.812. The number of ether oxygens (including phenoxy) is 16. The van der Waals surface area contributed by atoms with Gasteiger partial charge in [-0.3, -0.25) is 0 Å². The van der Waals surface area contributed by atoms with Crippen molar-refractivity contribution in [3.05, 3.63) is 60.2 Å². The van der Waals surface area contributed by atoms with Crippen molar-refractivity contribution >= 4 is 34.8 Å². The number of nitrogens with two attached hydrogens (primary N) is 1. The molecule has 15 aliphatic heterocycles. The summed E-state index contributed by atoms with van der Waals surface area (Å²) in [5.74, 6) is 18.0. The van der Waals surface area contributed by atoms with Crippen LogP contribution in [-0.4, -0.2) is 420 Å². The maximum atomic E-state index is 12.0. The average molecular weight is 1970 g/mol. The SMILES string of the molecule is C#CC#CCC(Cl)C(O)C(O)C(O)C(O)C(O)CC(O)C(OC1OC(CO)C(O)C1O)C(O)CC1OC(C2OC3CC(C4OC5C(Cl)CC(C6OC7C(O)CC(C8CCC9OC(C%10CCC%11OC%12CC%13OC%14CCC(C=CC=CCC(N)CC=CC=CC#CCCC#CC=CCl)OC%14CC%13OC%12CC(O)C%11O%10)C(C)CC9O8)OC7CC6O)OC5CC4O)COC3C(O)C2O)C(O)C(O)C1O. The molecule has 0 aliphatic carbocycles. The summed E-state index contributed by atoms with van der Waals surface area (Å²) in [6.07, 6.45) is -26.2. The monoisotopic (exact) mass is 1970 g/mol. The van der Waals surface area contributed by atoms with Crippen molar-refractivity contribution in [3.63, 3.8) is 0 Å². The number of fused-ring (bicyclic) bond motifs is 8. The van der Waals surface area contributed by atoms with Crippen LogP contribution in [0.3, 0.4) is 0 Å². The zero-order valence-corrected chi connectivity index (χ0v) is 77.4. The predicted octanol–water partition coefficient (Wildman–Crippen LogP) is -2.04. The minimum atomic E-state index is -2.36. The van der Waals surface area contributed by atoms with Gasteiger partial charge in [-0.15, -0.1) is 29.6 Å². The average Bonchev–Trinajstić information content (AvgIpc) is 1.72. The minimum Gasteiger partial charge on any atom is -0.394 e. The molecular weight excluding hydrogens is 1830 g/mol. The molecule has 39 heteroatoms. The lowest BCUT2D eigenvalue weighted by Gasteiger charge is -2.54. The van der Waals surface area contributed by atoms with Crippen LogP contribution in [0.1, 0.15) is 148 Å². The first-order valence-corrected chi connectivity index (χ1v) is 49.3. The number of hydrogen-bond acceptors (Lipinski definition) is 36. The van der Waals surface area contributed by atoms with Gasteiger partial charge in [0.2, 0.25) is 0 Å². The molecule has 756 valence electrons. The lowest BCUT2D eigenvalue weighted by atomic mass is 9.79. The van der Waals surface area contributed by atoms with Crippen molar-refractivity contribution in [1.29, 1.82) is 0 Å². The lowest BCUT2D eigenvalue weighted by Crippen LogP contribution is -2.69. The number of aliphatic hydroxyl groups is 19. The molecule has 0 aromatic rings. The Bertz CT molecular complexity index is 4180. The highest BCUT2D eigenvalue weighted by Crippen LogP contribution is 2.50. The summed E-state index contributed by atoms with van der Waals surface area (Å²) < 4.78 is 104. The highest BCUT2D eigenvalue weighted by Gasteiger charge is 2.62. The van der Waals surface area contributed by atoms with E-state index in [1.54, 1.807) is 6.08 Å². The minimum absolute atomic E-state index is 0.00811. The number of hydrogen-bond donors (Lipinski definition) is 20. The van der Waals surface area contributed by atoms with Crippen molar-refractivity contribution < 1.29 is 173 Å². The molecule has 53 atom stereocenters. The van der Waals surface area contributed by atoms with E-state index in [2.05, 4.69) is 54.6 Å². The maximum absolute atomic E-state index is 12.0. The van der Waals surface area contributed by atoms with E-state index < -0.39 is 250 Å². The van der Waals surface area contributed by atoms with Crippen molar-refractivity contribution in [2.24, 2.45) is 17.6 Å². The highest BCUT2D eigenvalue weighted by molar-refractivity contribution is 6.25. The van der Waals surface area contributed by atoms with Gasteiger partial charge in [-0.25, -0.2) is 0 Å². The predicted molar refractivity (Wildman–Crippen MR) is 476 cm³/mol. The zero-order valence-electron chi connectivity index (χ0n) is 75.2. The van der Waals surface area contributed by atoms with Gasteiger partial charge >= 0.3 is 0 Å². The van der Waals surface area contributed by atoms with Gasteiger partial charge < -0.3 is 179 Å². The molecule has 53 unspecified atom stereocenters. The molecule has 0 spiro atoms. The highest BCUT2D eigenvalue weighted by atomic mass is 35.5. The summed E-state index contributed by atoms with van der Waals surface area (Å²) in [7, 11) is 0. The third kappa shape index (κ3) is 25.0. The molecule has 135 heavy (non-hydrogen) atoms. The third-order valence-corrected chi connectivity index (χ3v) is 30.8. The molecule has 15 saturated heterocycles. The van der Waals surface area contributed by atoms with Gasteiger partial charge in [-0.2, -0.15) is 0 Å². The Morgan fingerprint density at radius 1 is 0.430 bits per heavy atom. The van der Waals surface area contributed by atoms with Crippen LogP contribution in [0, 0.1) is 59.7 Å². The second-order valence-electron chi connectivity index (χ2n) is 39.2. The molecule has 0 amide bonds. The van der Waals surface area contributed by atoms with E-state index in [9.17, 15) is 97.0 Å². The van der Waals surface area contributed by atoms with Crippen molar-refractivity contribution in [1.82, 2.24) is 0 Å². The summed E-state index contributed by atoms with van der Waals surface area (Å²) in [6.45, 7) is 1.17. The summed E-state index contributed by atoms with van der Waals surface area (Å²) >= 11 is 18.8. The number of alkyl halides is 2. The number of allylic oxidation sites excluding steroid dienone is 6. The topological polar surface area (TPSA) is 558 Å². The van der Waals surface area contributed by atoms with Crippen LogP contribution in [0.25, 0.3) is 0 Å². The van der Waals surface area contributed by atoms with E-state index in [4.69, 9.17) is 123 Å². The molecule has 21 N–H and O–H groups in total. The Kier molecular flexibility index (Phi) is 37.9. The van der Waals surface area contributed by atoms with Crippen LogP contribution in [0.5, 0.6) is 0 Å². The summed E-state index contributed by atoms with van der Waals surface area (Å²) in [4.78, 5) is 0. The second-order valence-corrected chi connectivity index (χ2v) is 40.6. The molecule has 15 fully saturated rings. The zero-order chi connectivity index (χ0) is 95.9. The molecular formula is C96H136Cl3NO35. The Balaban J connectivity index is 0.489. The van der Waals surface area contributed by atoms with Gasteiger partial charge in [-0.05, 0) is 101 Å². The van der Waals surface area contributed by atoms with Gasteiger partial charge in [0.25, 0.3) is 0 Å². The van der Waals surface area contributed by atoms with Gasteiger partial charge in [0.15, 0.2) is 6.29 Å². The van der Waals surface area contributed by atoms with Crippen LogP contribution in [0.15, 0.2) is 60.2 Å². The first kappa shape index (κ1) is 106. The Morgan fingerprint density at radius 2 is 0.919 bits per heavy atom. The van der Waals surface area contributed by atoms with Crippen molar-refractivity contribution in [2.75, 3.05) is 13.2 Å². The van der Waals surface area contributed by atoms with Crippen LogP contribution in [0.2, 0.25) is 0 Å². The lowest BCUT2D eigenvalue weighted by molar-refractivity contribution is -0.322. The standard InChI is InChI=1S/C96H136Cl3NO35/c1-3-4-15-23-48(98)75(109)79(113)80(114)76(110)50(102)34-51(103)89(135-96-85(119)78(112)74(42-101)132-96)53(105)37-69-77(111)81(115)82(116)94(130-69)95-84(118)83(117)93-70(131-95)32-45(43-120-93)87-52(104)38-72-88(133-87)49(99)33-71(127-72)91-56(108)39-73-92(134-91)55(107)35-63(126-73)58-26-27-59-62(122-58)31-44(2)86(128-59)60-28-29-61-90(129-60)54(106)36-64-66(124-61)41-67-68(125-64)40-65-57(123-67)25-24-47(121-65)22-18-14-17-21-46(100)20-16-12-10-8-6-5-7-9-11-13-19-30-97/h1,8,10,12,14,16-19,22,30,44-96,101-119H,7,9,20-21,23-29,31-43,100H2,2H3. The van der Waals surface area contributed by atoms with Crippen LogP contribution in [0.4, 0.5) is 0 Å². The largest absolute Gasteiger partial charge is 0.394 e. The molecule has 15 heterocycles. The van der Waals surface area contributed by atoms with Crippen LogP contribution < -0.4 is 5.73 Å². The summed E-state index contributed by atoms with van der Waals surface area (Å²) in [5.41, 5.74) is 7.76. The Labute approximate surface area is 800 Å². The molecule has 0 radical (unpaired) electrons. The number of aliphatic hydroxyl groups excluding tert-OH is 19. The molecule has 0 aromatic carbocycles. The van der Waals surface area contributed by atoms with E-state index in [0.717, 1.165) is 25.7 Å². The molecule has 36 nitrogen and oxygen atoms in total. The fourth-order valence-electron chi connectivity index (χ4n) is 22.6. The first-order valence-electron chi connectivity index (χ1n) is 48.0. The second kappa shape index (κ2) is 48.4. The Morgan fingerprint density at radius 3 is 1.59 bits per heavy atom. The van der Waals surface area contributed by atoms with Crippen LogP contribution >= 0.6 is 34.8 Å². The van der Waals surface area contributed by atoms with Crippen molar-refractivity contribution in [3.8, 4) is 47.9 Å². The number of rotatable bonds is 28. The molecule has 0 saturated carbocycles. The van der Waals surface area contributed by atoms with Gasteiger partial charge in [0.1, 0.15) is 116 Å². The quantitative estimate of drug-likeness (QED) is 0.0174. The smallest absolute Gasteiger partial charge is 0.187 e. The number of halogens is 3. The van der Waals surface area contributed by atoms with E-state index in [1.165, 1.54) is 5.54 Å². The number of unbranched alkanes of at least 4 members (excludes halogenated alkanes) is 1. The molecule has 0 bridgehead atoms. The number of terminal acetylenes is 1. The summed E-state index contributed by atoms with van der Waals surface area (Å²) in [6, 6.07) is -0.0113.